The SMILES string of the molecule is CCC(C)(O)C(=O)O.O. The molecule has 4 heteroatoms. The van der Waals surface area contributed by atoms with Gasteiger partial charge in [-0.15, -0.1) is 0 Å². The average molecular weight is 136 g/mol. The van der Waals surface area contributed by atoms with E-state index >= 15 is 0 Å². The molecule has 0 bridgehead atoms. The lowest BCUT2D eigenvalue weighted by atomic mass is 10.1. The second-order valence-corrected chi connectivity index (χ2v) is 1.93. The molecule has 1 unspecified atom stereocenters. The van der Waals surface area contributed by atoms with Crippen molar-refractivity contribution in [2.24, 2.45) is 0 Å². The molecule has 56 valence electrons. The molecule has 0 aromatic heterocycles. The van der Waals surface area contributed by atoms with Crippen LogP contribution in [-0.2, 0) is 4.79 Å². The quantitative estimate of drug-likeness (QED) is 0.531. The van der Waals surface area contributed by atoms with Crippen LogP contribution in [0.1, 0.15) is 20.3 Å². The van der Waals surface area contributed by atoms with Gasteiger partial charge in [0.25, 0.3) is 0 Å². The zero-order chi connectivity index (χ0) is 6.78. The summed E-state index contributed by atoms with van der Waals surface area (Å²) in [5.41, 5.74) is -1.54. The van der Waals surface area contributed by atoms with E-state index in [0.717, 1.165) is 0 Å². The van der Waals surface area contributed by atoms with Gasteiger partial charge >= 0.3 is 5.97 Å². The first kappa shape index (κ1) is 11.2. The number of aliphatic hydroxyl groups is 1. The molecular formula is C5H12O4. The van der Waals surface area contributed by atoms with Gasteiger partial charge in [0.2, 0.25) is 0 Å². The van der Waals surface area contributed by atoms with E-state index < -0.39 is 11.6 Å². The van der Waals surface area contributed by atoms with Crippen molar-refractivity contribution in [2.75, 3.05) is 0 Å². The van der Waals surface area contributed by atoms with Crippen LogP contribution in [0, 0.1) is 0 Å². The van der Waals surface area contributed by atoms with Gasteiger partial charge in [-0.1, -0.05) is 6.92 Å². The second-order valence-electron chi connectivity index (χ2n) is 1.93. The zero-order valence-electron chi connectivity index (χ0n) is 5.51. The summed E-state index contributed by atoms with van der Waals surface area (Å²) >= 11 is 0. The summed E-state index contributed by atoms with van der Waals surface area (Å²) < 4.78 is 0. The van der Waals surface area contributed by atoms with Crippen molar-refractivity contribution < 1.29 is 20.5 Å². The van der Waals surface area contributed by atoms with Crippen LogP contribution in [0.15, 0.2) is 0 Å². The maximum absolute atomic E-state index is 10.0. The maximum Gasteiger partial charge on any atom is 0.335 e. The van der Waals surface area contributed by atoms with Crippen molar-refractivity contribution in [2.45, 2.75) is 25.9 Å². The van der Waals surface area contributed by atoms with Gasteiger partial charge in [-0.2, -0.15) is 0 Å². The summed E-state index contributed by atoms with van der Waals surface area (Å²) in [5, 5.41) is 17.0. The molecule has 9 heavy (non-hydrogen) atoms. The van der Waals surface area contributed by atoms with E-state index in [-0.39, 0.29) is 11.9 Å². The summed E-state index contributed by atoms with van der Waals surface area (Å²) in [6, 6.07) is 0. The first-order valence-electron chi connectivity index (χ1n) is 2.46. The number of rotatable bonds is 2. The van der Waals surface area contributed by atoms with Gasteiger partial charge in [0.05, 0.1) is 0 Å². The fourth-order valence-electron chi connectivity index (χ4n) is 0.151. The molecule has 0 aliphatic carbocycles. The molecule has 0 fully saturated rings. The van der Waals surface area contributed by atoms with Crippen molar-refractivity contribution in [3.8, 4) is 0 Å². The van der Waals surface area contributed by atoms with Crippen molar-refractivity contribution in [1.29, 1.82) is 0 Å². The third-order valence-corrected chi connectivity index (χ3v) is 1.15. The molecule has 0 rings (SSSR count). The molecule has 0 aromatic carbocycles. The number of hydrogen-bond acceptors (Lipinski definition) is 2. The fraction of sp³-hybridized carbons (Fsp3) is 0.800. The number of hydrogen-bond donors (Lipinski definition) is 2. The molecule has 0 amide bonds. The van der Waals surface area contributed by atoms with Crippen LogP contribution in [0.3, 0.4) is 0 Å². The first-order valence-corrected chi connectivity index (χ1v) is 2.46. The molecule has 4 N–H and O–H groups in total. The normalized spacial score (nSPS) is 15.4. The van der Waals surface area contributed by atoms with Crippen LogP contribution in [-0.4, -0.2) is 27.3 Å². The smallest absolute Gasteiger partial charge is 0.335 e. The van der Waals surface area contributed by atoms with E-state index in [2.05, 4.69) is 0 Å². The molecular weight excluding hydrogens is 124 g/mol. The minimum absolute atomic E-state index is 0. The van der Waals surface area contributed by atoms with E-state index in [1.54, 1.807) is 6.92 Å². The highest BCUT2D eigenvalue weighted by atomic mass is 16.4. The lowest BCUT2D eigenvalue weighted by molar-refractivity contribution is -0.156. The summed E-state index contributed by atoms with van der Waals surface area (Å²) in [7, 11) is 0. The Morgan fingerprint density at radius 3 is 2.00 bits per heavy atom. The van der Waals surface area contributed by atoms with Crippen molar-refractivity contribution >= 4 is 5.97 Å². The monoisotopic (exact) mass is 136 g/mol. The molecule has 0 aromatic rings. The predicted molar refractivity (Wildman–Crippen MR) is 32.2 cm³/mol. The van der Waals surface area contributed by atoms with E-state index in [1.165, 1.54) is 6.92 Å². The van der Waals surface area contributed by atoms with Crippen molar-refractivity contribution in [3.05, 3.63) is 0 Å². The number of carboxylic acids is 1. The molecule has 0 spiro atoms. The van der Waals surface area contributed by atoms with E-state index in [1.807, 2.05) is 0 Å². The third kappa shape index (κ3) is 3.05. The minimum Gasteiger partial charge on any atom is -0.479 e. The topological polar surface area (TPSA) is 89.0 Å². The lowest BCUT2D eigenvalue weighted by Gasteiger charge is -2.13. The molecule has 1 atom stereocenters. The Morgan fingerprint density at radius 1 is 1.67 bits per heavy atom. The number of carbonyl (C=O) groups is 1. The molecule has 0 saturated heterocycles. The highest BCUT2D eigenvalue weighted by Gasteiger charge is 2.26. The van der Waals surface area contributed by atoms with Gasteiger partial charge in [0.15, 0.2) is 5.60 Å². The predicted octanol–water partition coefficient (Wildman–Crippen LogP) is -0.593. The van der Waals surface area contributed by atoms with Crippen LogP contribution < -0.4 is 0 Å². The Balaban J connectivity index is 0. The lowest BCUT2D eigenvalue weighted by Crippen LogP contribution is -2.33. The average Bonchev–Trinajstić information content (AvgIpc) is 1.67. The van der Waals surface area contributed by atoms with Gasteiger partial charge in [0.1, 0.15) is 0 Å². The standard InChI is InChI=1S/C5H10O3.H2O/c1-3-5(2,8)4(6)7;/h8H,3H2,1-2H3,(H,6,7);1H2. The Labute approximate surface area is 53.4 Å². The van der Waals surface area contributed by atoms with Crippen molar-refractivity contribution in [3.63, 3.8) is 0 Å². The largest absolute Gasteiger partial charge is 0.479 e. The van der Waals surface area contributed by atoms with Gasteiger partial charge < -0.3 is 15.7 Å². The van der Waals surface area contributed by atoms with Crippen molar-refractivity contribution in [1.82, 2.24) is 0 Å². The number of aliphatic carboxylic acids is 1. The van der Waals surface area contributed by atoms with Crippen LogP contribution >= 0.6 is 0 Å². The van der Waals surface area contributed by atoms with Crippen LogP contribution in [0.4, 0.5) is 0 Å². The highest BCUT2D eigenvalue weighted by Crippen LogP contribution is 2.06. The Kier molecular flexibility index (Phi) is 4.27. The Bertz CT molecular complexity index is 97.1. The maximum atomic E-state index is 10.0. The van der Waals surface area contributed by atoms with Crippen LogP contribution in [0.25, 0.3) is 0 Å². The van der Waals surface area contributed by atoms with Gasteiger partial charge in [0, 0.05) is 0 Å². The molecule has 4 nitrogen and oxygen atoms in total. The highest BCUT2D eigenvalue weighted by molar-refractivity contribution is 5.76. The third-order valence-electron chi connectivity index (χ3n) is 1.15. The summed E-state index contributed by atoms with van der Waals surface area (Å²) in [6.07, 6.45) is 0.238. The van der Waals surface area contributed by atoms with E-state index in [4.69, 9.17) is 10.2 Å². The van der Waals surface area contributed by atoms with E-state index in [0.29, 0.717) is 0 Å². The molecule has 0 aliphatic heterocycles. The minimum atomic E-state index is -1.54. The summed E-state index contributed by atoms with van der Waals surface area (Å²) in [4.78, 5) is 10.0. The fourth-order valence-corrected chi connectivity index (χ4v) is 0.151. The Morgan fingerprint density at radius 2 is 2.00 bits per heavy atom. The summed E-state index contributed by atoms with van der Waals surface area (Å²) in [6.45, 7) is 2.89. The Hall–Kier alpha value is -0.610. The van der Waals surface area contributed by atoms with Gasteiger partial charge in [-0.3, -0.25) is 0 Å². The zero-order valence-corrected chi connectivity index (χ0v) is 5.51. The van der Waals surface area contributed by atoms with Gasteiger partial charge in [-0.05, 0) is 13.3 Å². The van der Waals surface area contributed by atoms with Crippen LogP contribution in [0.2, 0.25) is 0 Å². The molecule has 0 saturated carbocycles. The molecule has 0 aliphatic rings. The summed E-state index contributed by atoms with van der Waals surface area (Å²) in [5.74, 6) is -1.17. The molecule has 0 heterocycles. The number of carboxylic acid groups (broad SMARTS) is 1. The molecule has 0 radical (unpaired) electrons. The van der Waals surface area contributed by atoms with Gasteiger partial charge in [-0.25, -0.2) is 4.79 Å². The second kappa shape index (κ2) is 3.42. The van der Waals surface area contributed by atoms with E-state index in [9.17, 15) is 4.79 Å². The van der Waals surface area contributed by atoms with Crippen LogP contribution in [0.5, 0.6) is 0 Å². The first-order chi connectivity index (χ1) is 3.50.